The van der Waals surface area contributed by atoms with Crippen LogP contribution in [0.25, 0.3) is 6.08 Å². The zero-order valence-corrected chi connectivity index (χ0v) is 13.7. The van der Waals surface area contributed by atoms with Gasteiger partial charge in [-0.15, -0.1) is 0 Å². The lowest BCUT2D eigenvalue weighted by Gasteiger charge is -2.19. The van der Waals surface area contributed by atoms with Gasteiger partial charge in [-0.3, -0.25) is 4.79 Å². The minimum Gasteiger partial charge on any atom is -0.299 e. The molecule has 0 radical (unpaired) electrons. The first-order valence-corrected chi connectivity index (χ1v) is 8.54. The maximum atomic E-state index is 10.6. The van der Waals surface area contributed by atoms with Crippen molar-refractivity contribution in [3.63, 3.8) is 0 Å². The second-order valence-electron chi connectivity index (χ2n) is 5.81. The monoisotopic (exact) mass is 286 g/mol. The molecular formula is C20H30O. The van der Waals surface area contributed by atoms with Gasteiger partial charge >= 0.3 is 0 Å². The van der Waals surface area contributed by atoms with Gasteiger partial charge in [0.1, 0.15) is 6.29 Å². The first-order chi connectivity index (χ1) is 10.3. The van der Waals surface area contributed by atoms with E-state index < -0.39 is 0 Å². The van der Waals surface area contributed by atoms with Gasteiger partial charge in [0.25, 0.3) is 0 Å². The third-order valence-electron chi connectivity index (χ3n) is 4.10. The van der Waals surface area contributed by atoms with Crippen molar-refractivity contribution in [1.82, 2.24) is 0 Å². The number of hydrogen-bond donors (Lipinski definition) is 0. The van der Waals surface area contributed by atoms with E-state index in [4.69, 9.17) is 0 Å². The van der Waals surface area contributed by atoms with Crippen molar-refractivity contribution in [2.75, 3.05) is 0 Å². The molecule has 0 aliphatic heterocycles. The fourth-order valence-electron chi connectivity index (χ4n) is 2.91. The molecule has 0 amide bonds. The van der Waals surface area contributed by atoms with E-state index in [2.05, 4.69) is 38.1 Å². The summed E-state index contributed by atoms with van der Waals surface area (Å²) in [5.41, 5.74) is 2.63. The number of hydrogen-bond acceptors (Lipinski definition) is 1. The van der Waals surface area contributed by atoms with Crippen LogP contribution in [-0.2, 0) is 4.79 Å². The van der Waals surface area contributed by atoms with Crippen molar-refractivity contribution in [1.29, 1.82) is 0 Å². The number of benzene rings is 1. The number of allylic oxidation sites excluding steroid dienone is 1. The van der Waals surface area contributed by atoms with Crippen LogP contribution in [0.3, 0.4) is 0 Å². The Morgan fingerprint density at radius 3 is 2.14 bits per heavy atom. The summed E-state index contributed by atoms with van der Waals surface area (Å²) >= 11 is 0. The van der Waals surface area contributed by atoms with Crippen molar-refractivity contribution >= 4 is 12.4 Å². The summed E-state index contributed by atoms with van der Waals surface area (Å²) in [7, 11) is 0. The zero-order chi connectivity index (χ0) is 15.3. The second kappa shape index (κ2) is 11.3. The first-order valence-electron chi connectivity index (χ1n) is 8.54. The fourth-order valence-corrected chi connectivity index (χ4v) is 2.91. The molecule has 0 unspecified atom stereocenters. The molecule has 21 heavy (non-hydrogen) atoms. The molecule has 0 N–H and O–H groups in total. The summed E-state index contributed by atoms with van der Waals surface area (Å²) in [5, 5.41) is 0. The molecule has 116 valence electrons. The predicted molar refractivity (Wildman–Crippen MR) is 92.6 cm³/mol. The van der Waals surface area contributed by atoms with E-state index in [-0.39, 0.29) is 0 Å². The highest BCUT2D eigenvalue weighted by Gasteiger charge is 2.13. The van der Waals surface area contributed by atoms with Crippen molar-refractivity contribution in [2.24, 2.45) is 0 Å². The molecule has 0 atom stereocenters. The second-order valence-corrected chi connectivity index (χ2v) is 5.81. The smallest absolute Gasteiger partial charge is 0.142 e. The SMILES string of the molecule is CCCCCC(CCCCC)c1ccccc1/C=C/C=O. The third kappa shape index (κ3) is 6.75. The molecule has 0 fully saturated rings. The Morgan fingerprint density at radius 1 is 0.952 bits per heavy atom. The van der Waals surface area contributed by atoms with Gasteiger partial charge in [0, 0.05) is 0 Å². The molecule has 1 aromatic rings. The standard InChI is InChI=1S/C20H30O/c1-3-5-7-12-18(13-8-6-4-2)20-16-10-9-14-19(20)15-11-17-21/h9-11,14-18H,3-8,12-13H2,1-2H3/b15-11+. The molecular weight excluding hydrogens is 256 g/mol. The zero-order valence-electron chi connectivity index (χ0n) is 13.7. The highest BCUT2D eigenvalue weighted by Crippen LogP contribution is 2.31. The Morgan fingerprint density at radius 2 is 1.57 bits per heavy atom. The molecule has 1 heteroatoms. The van der Waals surface area contributed by atoms with Gasteiger partial charge in [0.2, 0.25) is 0 Å². The van der Waals surface area contributed by atoms with Gasteiger partial charge < -0.3 is 0 Å². The topological polar surface area (TPSA) is 17.1 Å². The molecule has 0 saturated carbocycles. The number of carbonyl (C=O) groups is 1. The molecule has 0 aromatic heterocycles. The summed E-state index contributed by atoms with van der Waals surface area (Å²) < 4.78 is 0. The predicted octanol–water partition coefficient (Wildman–Crippen LogP) is 6.14. The third-order valence-corrected chi connectivity index (χ3v) is 4.10. The number of unbranched alkanes of at least 4 members (excludes halogenated alkanes) is 4. The lowest BCUT2D eigenvalue weighted by molar-refractivity contribution is -0.104. The van der Waals surface area contributed by atoms with Gasteiger partial charge in [0.15, 0.2) is 0 Å². The summed E-state index contributed by atoms with van der Waals surface area (Å²) in [6.07, 6.45) is 14.7. The minimum atomic E-state index is 0.635. The molecule has 1 nitrogen and oxygen atoms in total. The molecule has 0 saturated heterocycles. The minimum absolute atomic E-state index is 0.635. The molecule has 0 aliphatic rings. The van der Waals surface area contributed by atoms with Gasteiger partial charge in [-0.1, -0.05) is 82.7 Å². The van der Waals surface area contributed by atoms with Crippen LogP contribution in [0, 0.1) is 0 Å². The molecule has 0 heterocycles. The highest BCUT2D eigenvalue weighted by atomic mass is 16.1. The van der Waals surface area contributed by atoms with E-state index in [1.54, 1.807) is 6.08 Å². The van der Waals surface area contributed by atoms with Crippen LogP contribution in [0.1, 0.15) is 82.3 Å². The Bertz CT molecular complexity index is 410. The van der Waals surface area contributed by atoms with E-state index in [0.717, 1.165) is 6.29 Å². The molecule has 1 rings (SSSR count). The van der Waals surface area contributed by atoms with Crippen LogP contribution in [0.4, 0.5) is 0 Å². The van der Waals surface area contributed by atoms with E-state index in [1.165, 1.54) is 62.5 Å². The normalized spacial score (nSPS) is 11.4. The maximum absolute atomic E-state index is 10.6. The van der Waals surface area contributed by atoms with Crippen LogP contribution in [0.2, 0.25) is 0 Å². The van der Waals surface area contributed by atoms with Crippen LogP contribution in [0.15, 0.2) is 30.3 Å². The molecule has 0 spiro atoms. The summed E-state index contributed by atoms with van der Waals surface area (Å²) in [6, 6.07) is 8.55. The molecule has 1 aromatic carbocycles. The summed E-state index contributed by atoms with van der Waals surface area (Å²) in [5.74, 6) is 0.635. The van der Waals surface area contributed by atoms with Gasteiger partial charge in [-0.05, 0) is 36.0 Å². The lowest BCUT2D eigenvalue weighted by Crippen LogP contribution is -2.02. The Kier molecular flexibility index (Phi) is 9.52. The average Bonchev–Trinajstić information content (AvgIpc) is 2.52. The molecule has 0 aliphatic carbocycles. The van der Waals surface area contributed by atoms with E-state index in [0.29, 0.717) is 5.92 Å². The Labute approximate surface area is 130 Å². The fraction of sp³-hybridized carbons (Fsp3) is 0.550. The van der Waals surface area contributed by atoms with Gasteiger partial charge in [0.05, 0.1) is 0 Å². The van der Waals surface area contributed by atoms with E-state index >= 15 is 0 Å². The van der Waals surface area contributed by atoms with Crippen molar-refractivity contribution in [3.05, 3.63) is 41.5 Å². The number of rotatable bonds is 11. The van der Waals surface area contributed by atoms with Crippen molar-refractivity contribution in [3.8, 4) is 0 Å². The number of aldehydes is 1. The Hall–Kier alpha value is -1.37. The van der Waals surface area contributed by atoms with Crippen molar-refractivity contribution < 1.29 is 4.79 Å². The van der Waals surface area contributed by atoms with E-state index in [9.17, 15) is 4.79 Å². The van der Waals surface area contributed by atoms with Crippen molar-refractivity contribution in [2.45, 2.75) is 71.1 Å². The van der Waals surface area contributed by atoms with Crippen LogP contribution < -0.4 is 0 Å². The van der Waals surface area contributed by atoms with Crippen LogP contribution in [0.5, 0.6) is 0 Å². The summed E-state index contributed by atoms with van der Waals surface area (Å²) in [6.45, 7) is 4.51. The van der Waals surface area contributed by atoms with Crippen LogP contribution in [-0.4, -0.2) is 6.29 Å². The maximum Gasteiger partial charge on any atom is 0.142 e. The Balaban J connectivity index is 2.83. The molecule has 0 bridgehead atoms. The lowest BCUT2D eigenvalue weighted by atomic mass is 9.85. The van der Waals surface area contributed by atoms with Gasteiger partial charge in [-0.25, -0.2) is 0 Å². The van der Waals surface area contributed by atoms with Gasteiger partial charge in [-0.2, -0.15) is 0 Å². The average molecular weight is 286 g/mol. The largest absolute Gasteiger partial charge is 0.299 e. The highest BCUT2D eigenvalue weighted by molar-refractivity contribution is 5.74. The van der Waals surface area contributed by atoms with Crippen LogP contribution >= 0.6 is 0 Å². The quantitative estimate of drug-likeness (QED) is 0.271. The van der Waals surface area contributed by atoms with E-state index in [1.807, 2.05) is 6.08 Å². The first kappa shape index (κ1) is 17.7. The summed E-state index contributed by atoms with van der Waals surface area (Å²) in [4.78, 5) is 10.6. The number of carbonyl (C=O) groups excluding carboxylic acids is 1.